The molecule has 5 N–H and O–H groups in total. The SMILES string of the molecule is CC.CC.CC.CC(C)CCCCC1CCC2C3CC=C4CC(OC(=O)N(CCCCNC(C)CCN)C(C)CCN)CCC4(C)C3CCC12C. The van der Waals surface area contributed by atoms with Gasteiger partial charge in [0.1, 0.15) is 6.10 Å². The standard InChI is InChI=1S/C39H72N4O2.3C2H6/c1-28(2)11-7-8-12-31-14-16-35-34-15-13-32-27-33(17-21-39(32,6)36(34)18-22-38(31,35)5)45-37(44)43(30(4)20-24-41)26-10-9-25-42-29(3)19-23-40;3*1-2/h13,28-31,33-36,42H,7-12,14-27,40-41H2,1-6H3;3*1-2H3. The molecule has 9 unspecified atom stereocenters. The van der Waals surface area contributed by atoms with E-state index in [1.807, 2.05) is 46.4 Å². The lowest BCUT2D eigenvalue weighted by Crippen LogP contribution is -2.51. The second kappa shape index (κ2) is 25.1. The molecule has 9 atom stereocenters. The fourth-order valence-corrected chi connectivity index (χ4v) is 10.5. The zero-order chi connectivity index (χ0) is 38.6. The van der Waals surface area contributed by atoms with Crippen LogP contribution in [0.2, 0.25) is 0 Å². The number of amides is 1. The summed E-state index contributed by atoms with van der Waals surface area (Å²) in [7, 11) is 0. The van der Waals surface area contributed by atoms with Crippen LogP contribution in [0.25, 0.3) is 0 Å². The van der Waals surface area contributed by atoms with Crippen LogP contribution in [0.15, 0.2) is 11.6 Å². The highest BCUT2D eigenvalue weighted by atomic mass is 16.6. The highest BCUT2D eigenvalue weighted by Gasteiger charge is 2.58. The average Bonchev–Trinajstić information content (AvgIpc) is 3.47. The summed E-state index contributed by atoms with van der Waals surface area (Å²) < 4.78 is 6.31. The number of ether oxygens (including phenoxy) is 1. The Hall–Kier alpha value is -1.11. The molecule has 0 aromatic heterocycles. The molecule has 0 aromatic rings. The fourth-order valence-electron chi connectivity index (χ4n) is 10.5. The smallest absolute Gasteiger partial charge is 0.410 e. The van der Waals surface area contributed by atoms with Gasteiger partial charge in [0, 0.05) is 25.0 Å². The van der Waals surface area contributed by atoms with E-state index in [1.165, 1.54) is 57.8 Å². The van der Waals surface area contributed by atoms with Crippen molar-refractivity contribution in [1.29, 1.82) is 0 Å². The lowest BCUT2D eigenvalue weighted by atomic mass is 9.47. The topological polar surface area (TPSA) is 93.6 Å². The van der Waals surface area contributed by atoms with Crippen molar-refractivity contribution >= 4 is 6.09 Å². The Morgan fingerprint density at radius 2 is 1.55 bits per heavy atom. The minimum Gasteiger partial charge on any atom is -0.446 e. The van der Waals surface area contributed by atoms with E-state index in [2.05, 4.69) is 52.9 Å². The van der Waals surface area contributed by atoms with Gasteiger partial charge in [0.2, 0.25) is 0 Å². The number of hydrogen-bond acceptors (Lipinski definition) is 5. The zero-order valence-electron chi connectivity index (χ0n) is 36.3. The quantitative estimate of drug-likeness (QED) is 0.103. The van der Waals surface area contributed by atoms with Gasteiger partial charge in [0.05, 0.1) is 0 Å². The first kappa shape index (κ1) is 47.9. The van der Waals surface area contributed by atoms with Crippen molar-refractivity contribution in [2.75, 3.05) is 26.2 Å². The number of allylic oxidation sites excluding steroid dienone is 1. The number of nitrogens with one attached hydrogen (secondary N) is 1. The lowest BCUT2D eigenvalue weighted by Gasteiger charge is -2.58. The van der Waals surface area contributed by atoms with Crippen LogP contribution in [-0.4, -0.2) is 55.4 Å². The van der Waals surface area contributed by atoms with Crippen LogP contribution in [-0.2, 0) is 4.74 Å². The van der Waals surface area contributed by atoms with E-state index in [0.717, 1.165) is 87.6 Å². The van der Waals surface area contributed by atoms with Gasteiger partial charge in [-0.2, -0.15) is 0 Å². The van der Waals surface area contributed by atoms with Crippen LogP contribution in [0, 0.1) is 40.4 Å². The third kappa shape index (κ3) is 13.3. The van der Waals surface area contributed by atoms with Crippen molar-refractivity contribution in [3.8, 4) is 0 Å². The summed E-state index contributed by atoms with van der Waals surface area (Å²) >= 11 is 0. The molecule has 4 aliphatic carbocycles. The molecule has 0 bridgehead atoms. The van der Waals surface area contributed by atoms with Crippen molar-refractivity contribution in [3.63, 3.8) is 0 Å². The number of fused-ring (bicyclic) bond motifs is 5. The lowest BCUT2D eigenvalue weighted by molar-refractivity contribution is -0.0538. The van der Waals surface area contributed by atoms with Gasteiger partial charge < -0.3 is 26.4 Å². The van der Waals surface area contributed by atoms with Crippen LogP contribution < -0.4 is 16.8 Å². The average molecular weight is 719 g/mol. The molecule has 0 saturated heterocycles. The number of rotatable bonds is 17. The first-order valence-corrected chi connectivity index (χ1v) is 22.3. The first-order chi connectivity index (χ1) is 24.5. The predicted molar refractivity (Wildman–Crippen MR) is 223 cm³/mol. The molecule has 4 rings (SSSR count). The van der Waals surface area contributed by atoms with E-state index < -0.39 is 0 Å². The number of unbranched alkanes of at least 4 members (excludes halogenated alkanes) is 2. The summed E-state index contributed by atoms with van der Waals surface area (Å²) in [4.78, 5) is 15.5. The van der Waals surface area contributed by atoms with Crippen molar-refractivity contribution in [1.82, 2.24) is 10.2 Å². The van der Waals surface area contributed by atoms with Crippen molar-refractivity contribution < 1.29 is 9.53 Å². The highest BCUT2D eigenvalue weighted by molar-refractivity contribution is 5.68. The maximum absolute atomic E-state index is 13.6. The molecular weight excluding hydrogens is 629 g/mol. The summed E-state index contributed by atoms with van der Waals surface area (Å²) in [6.07, 6.45) is 22.0. The molecule has 6 nitrogen and oxygen atoms in total. The second-order valence-corrected chi connectivity index (χ2v) is 16.8. The van der Waals surface area contributed by atoms with Gasteiger partial charge in [-0.15, -0.1) is 0 Å². The van der Waals surface area contributed by atoms with Crippen LogP contribution in [0.1, 0.15) is 186 Å². The number of hydrogen-bond donors (Lipinski definition) is 3. The van der Waals surface area contributed by atoms with Crippen LogP contribution in [0.4, 0.5) is 4.79 Å². The number of nitrogens with two attached hydrogens (primary N) is 2. The van der Waals surface area contributed by atoms with Crippen LogP contribution >= 0.6 is 0 Å². The summed E-state index contributed by atoms with van der Waals surface area (Å²) in [5, 5.41) is 3.55. The molecule has 0 aromatic carbocycles. The highest BCUT2D eigenvalue weighted by Crippen LogP contribution is 2.66. The minimum absolute atomic E-state index is 0.00436. The van der Waals surface area contributed by atoms with E-state index in [1.54, 1.807) is 5.57 Å². The van der Waals surface area contributed by atoms with Crippen LogP contribution in [0.3, 0.4) is 0 Å². The Balaban J connectivity index is 0.00000206. The van der Waals surface area contributed by atoms with E-state index in [-0.39, 0.29) is 23.7 Å². The van der Waals surface area contributed by atoms with Gasteiger partial charge in [0.25, 0.3) is 0 Å². The van der Waals surface area contributed by atoms with Crippen molar-refractivity contribution in [2.45, 2.75) is 204 Å². The predicted octanol–water partition coefficient (Wildman–Crippen LogP) is 11.5. The minimum atomic E-state index is -0.137. The van der Waals surface area contributed by atoms with Crippen molar-refractivity contribution in [2.24, 2.45) is 51.9 Å². The Morgan fingerprint density at radius 3 is 2.20 bits per heavy atom. The summed E-state index contributed by atoms with van der Waals surface area (Å²) in [6, 6.07) is 0.531. The molecular formula is C45H90N4O2. The van der Waals surface area contributed by atoms with E-state index >= 15 is 0 Å². The molecule has 302 valence electrons. The van der Waals surface area contributed by atoms with Gasteiger partial charge in [0.15, 0.2) is 0 Å². The van der Waals surface area contributed by atoms with Gasteiger partial charge >= 0.3 is 6.09 Å². The van der Waals surface area contributed by atoms with Gasteiger partial charge in [-0.1, -0.05) is 100 Å². The third-order valence-electron chi connectivity index (χ3n) is 13.4. The molecule has 4 aliphatic rings. The molecule has 1 amide bonds. The maximum Gasteiger partial charge on any atom is 0.410 e. The summed E-state index contributed by atoms with van der Waals surface area (Å²) in [6.45, 7) is 29.3. The zero-order valence-corrected chi connectivity index (χ0v) is 36.3. The number of carbonyl (C=O) groups is 1. The summed E-state index contributed by atoms with van der Waals surface area (Å²) in [5.41, 5.74) is 14.0. The maximum atomic E-state index is 13.6. The molecule has 3 saturated carbocycles. The third-order valence-corrected chi connectivity index (χ3v) is 13.4. The van der Waals surface area contributed by atoms with Gasteiger partial charge in [-0.05, 0) is 151 Å². The molecule has 0 spiro atoms. The number of carbonyl (C=O) groups excluding carboxylic acids is 1. The van der Waals surface area contributed by atoms with Gasteiger partial charge in [-0.3, -0.25) is 0 Å². The molecule has 3 fully saturated rings. The van der Waals surface area contributed by atoms with E-state index in [0.29, 0.717) is 24.5 Å². The monoisotopic (exact) mass is 719 g/mol. The number of nitrogens with zero attached hydrogens (tertiary/aromatic N) is 1. The van der Waals surface area contributed by atoms with Crippen LogP contribution in [0.5, 0.6) is 0 Å². The molecule has 0 heterocycles. The first-order valence-electron chi connectivity index (χ1n) is 22.3. The molecule has 0 radical (unpaired) electrons. The normalized spacial score (nSPS) is 30.3. The van der Waals surface area contributed by atoms with E-state index in [4.69, 9.17) is 16.2 Å². The Morgan fingerprint density at radius 1 is 0.863 bits per heavy atom. The van der Waals surface area contributed by atoms with Gasteiger partial charge in [-0.25, -0.2) is 4.79 Å². The molecule has 0 aliphatic heterocycles. The summed E-state index contributed by atoms with van der Waals surface area (Å²) in [5.74, 6) is 4.31. The Labute approximate surface area is 318 Å². The fraction of sp³-hybridized carbons (Fsp3) is 0.933. The Kier molecular flexibility index (Phi) is 23.5. The molecule has 6 heteroatoms. The second-order valence-electron chi connectivity index (χ2n) is 16.8. The largest absolute Gasteiger partial charge is 0.446 e. The Bertz CT molecular complexity index is 954. The van der Waals surface area contributed by atoms with E-state index in [9.17, 15) is 4.79 Å². The van der Waals surface area contributed by atoms with Crippen molar-refractivity contribution in [3.05, 3.63) is 11.6 Å². The molecule has 51 heavy (non-hydrogen) atoms.